The Balaban J connectivity index is 1.54. The average molecular weight is 445 g/mol. The lowest BCUT2D eigenvalue weighted by Crippen LogP contribution is -2.12. The fourth-order valence-electron chi connectivity index (χ4n) is 2.86. The van der Waals surface area contributed by atoms with Crippen LogP contribution in [0.2, 0.25) is 0 Å². The van der Waals surface area contributed by atoms with Gasteiger partial charge in [-0.15, -0.1) is 11.3 Å². The topological polar surface area (TPSA) is 84.3 Å². The van der Waals surface area contributed by atoms with E-state index in [9.17, 15) is 18.0 Å². The van der Waals surface area contributed by atoms with E-state index in [1.165, 1.54) is 35.9 Å². The maximum Gasteiger partial charge on any atom is 0.416 e. The Morgan fingerprint density at radius 3 is 2.74 bits per heavy atom. The number of nitrogens with one attached hydrogen (secondary N) is 1. The normalized spacial score (nSPS) is 11.5. The SMILES string of the molecule is O=C(Nc1cccc(C(F)(F)F)c1)c1csc2cc(Oc3cc(CO)ncn3)ccc12. The molecular formula is C21H14F3N3O3S. The molecule has 2 aromatic heterocycles. The van der Waals surface area contributed by atoms with Gasteiger partial charge in [-0.3, -0.25) is 4.79 Å². The highest BCUT2D eigenvalue weighted by atomic mass is 32.1. The van der Waals surface area contributed by atoms with E-state index in [-0.39, 0.29) is 18.2 Å². The van der Waals surface area contributed by atoms with Crippen molar-refractivity contribution in [2.75, 3.05) is 5.32 Å². The summed E-state index contributed by atoms with van der Waals surface area (Å²) in [7, 11) is 0. The van der Waals surface area contributed by atoms with E-state index in [4.69, 9.17) is 9.84 Å². The maximum atomic E-state index is 12.9. The van der Waals surface area contributed by atoms with Crippen LogP contribution >= 0.6 is 11.3 Å². The molecule has 31 heavy (non-hydrogen) atoms. The molecule has 2 aromatic carbocycles. The van der Waals surface area contributed by atoms with Gasteiger partial charge < -0.3 is 15.2 Å². The highest BCUT2D eigenvalue weighted by Gasteiger charge is 2.30. The number of fused-ring (bicyclic) bond motifs is 1. The van der Waals surface area contributed by atoms with Gasteiger partial charge in [0.25, 0.3) is 5.91 Å². The molecule has 0 spiro atoms. The number of benzene rings is 2. The standard InChI is InChI=1S/C21H14F3N3O3S/c22-21(23,24)12-2-1-3-13(6-12)27-20(29)17-10-31-18-8-15(4-5-16(17)18)30-19-7-14(9-28)25-11-26-19/h1-8,10-11,28H,9H2,(H,27,29). The van der Waals surface area contributed by atoms with Gasteiger partial charge in [-0.2, -0.15) is 13.2 Å². The molecule has 0 aliphatic rings. The van der Waals surface area contributed by atoms with Crippen LogP contribution in [-0.4, -0.2) is 21.0 Å². The van der Waals surface area contributed by atoms with Crippen molar-refractivity contribution in [2.24, 2.45) is 0 Å². The zero-order valence-electron chi connectivity index (χ0n) is 15.7. The van der Waals surface area contributed by atoms with Crippen molar-refractivity contribution >= 4 is 33.0 Å². The molecule has 6 nitrogen and oxygen atoms in total. The summed E-state index contributed by atoms with van der Waals surface area (Å²) in [5.74, 6) is 0.224. The van der Waals surface area contributed by atoms with Gasteiger partial charge in [-0.25, -0.2) is 9.97 Å². The van der Waals surface area contributed by atoms with Gasteiger partial charge >= 0.3 is 6.18 Å². The number of carbonyl (C=O) groups is 1. The lowest BCUT2D eigenvalue weighted by molar-refractivity contribution is -0.137. The Labute approximate surface area is 178 Å². The molecule has 158 valence electrons. The number of rotatable bonds is 5. The number of aliphatic hydroxyl groups is 1. The van der Waals surface area contributed by atoms with E-state index in [1.54, 1.807) is 23.6 Å². The van der Waals surface area contributed by atoms with Crippen molar-refractivity contribution in [3.8, 4) is 11.6 Å². The van der Waals surface area contributed by atoms with Crippen molar-refractivity contribution < 1.29 is 27.8 Å². The van der Waals surface area contributed by atoms with Crippen LogP contribution in [0.1, 0.15) is 21.6 Å². The number of hydrogen-bond acceptors (Lipinski definition) is 6. The lowest BCUT2D eigenvalue weighted by atomic mass is 10.1. The Bertz CT molecular complexity index is 1260. The molecule has 0 saturated heterocycles. The minimum atomic E-state index is -4.49. The number of anilines is 1. The largest absolute Gasteiger partial charge is 0.439 e. The summed E-state index contributed by atoms with van der Waals surface area (Å²) in [4.78, 5) is 20.5. The van der Waals surface area contributed by atoms with Crippen LogP contribution < -0.4 is 10.1 Å². The summed E-state index contributed by atoms with van der Waals surface area (Å²) in [5, 5.41) is 13.9. The Morgan fingerprint density at radius 2 is 1.97 bits per heavy atom. The minimum Gasteiger partial charge on any atom is -0.439 e. The zero-order valence-corrected chi connectivity index (χ0v) is 16.5. The summed E-state index contributed by atoms with van der Waals surface area (Å²) in [6.07, 6.45) is -3.21. The molecule has 0 fully saturated rings. The fraction of sp³-hybridized carbons (Fsp3) is 0.0952. The zero-order chi connectivity index (χ0) is 22.0. The molecule has 0 aliphatic heterocycles. The van der Waals surface area contributed by atoms with E-state index in [1.807, 2.05) is 0 Å². The molecule has 4 aromatic rings. The van der Waals surface area contributed by atoms with Crippen molar-refractivity contribution in [3.05, 3.63) is 77.1 Å². The highest BCUT2D eigenvalue weighted by molar-refractivity contribution is 7.17. The van der Waals surface area contributed by atoms with Gasteiger partial charge in [0.1, 0.15) is 12.1 Å². The van der Waals surface area contributed by atoms with Gasteiger partial charge in [0.15, 0.2) is 0 Å². The number of amides is 1. The quantitative estimate of drug-likeness (QED) is 0.439. The monoisotopic (exact) mass is 445 g/mol. The number of aromatic nitrogens is 2. The highest BCUT2D eigenvalue weighted by Crippen LogP contribution is 2.33. The number of nitrogens with zero attached hydrogens (tertiary/aromatic N) is 2. The number of ether oxygens (including phenoxy) is 1. The summed E-state index contributed by atoms with van der Waals surface area (Å²) < 4.78 is 45.1. The van der Waals surface area contributed by atoms with Crippen LogP contribution in [-0.2, 0) is 12.8 Å². The van der Waals surface area contributed by atoms with Gasteiger partial charge in [0.05, 0.1) is 23.4 Å². The van der Waals surface area contributed by atoms with Crippen LogP contribution in [0, 0.1) is 0 Å². The van der Waals surface area contributed by atoms with Crippen molar-refractivity contribution in [1.82, 2.24) is 9.97 Å². The second-order valence-electron chi connectivity index (χ2n) is 6.45. The molecule has 10 heteroatoms. The van der Waals surface area contributed by atoms with Crippen LogP contribution in [0.3, 0.4) is 0 Å². The van der Waals surface area contributed by atoms with E-state index >= 15 is 0 Å². The summed E-state index contributed by atoms with van der Waals surface area (Å²) in [6, 6.07) is 11.0. The summed E-state index contributed by atoms with van der Waals surface area (Å²) >= 11 is 1.30. The third-order valence-corrected chi connectivity index (χ3v) is 5.27. The molecule has 0 radical (unpaired) electrons. The van der Waals surface area contributed by atoms with E-state index in [0.717, 1.165) is 16.8 Å². The van der Waals surface area contributed by atoms with Gasteiger partial charge in [0, 0.05) is 27.2 Å². The number of aliphatic hydroxyl groups excluding tert-OH is 1. The lowest BCUT2D eigenvalue weighted by Gasteiger charge is -2.10. The third kappa shape index (κ3) is 4.65. The van der Waals surface area contributed by atoms with Crippen molar-refractivity contribution in [2.45, 2.75) is 12.8 Å². The van der Waals surface area contributed by atoms with E-state index < -0.39 is 17.6 Å². The first kappa shape index (κ1) is 20.8. The van der Waals surface area contributed by atoms with Gasteiger partial charge in [-0.1, -0.05) is 6.07 Å². The first-order valence-electron chi connectivity index (χ1n) is 8.93. The Morgan fingerprint density at radius 1 is 1.13 bits per heavy atom. The number of thiophene rings is 1. The maximum absolute atomic E-state index is 12.9. The molecule has 2 N–H and O–H groups in total. The second kappa shape index (κ2) is 8.32. The first-order chi connectivity index (χ1) is 14.8. The first-order valence-corrected chi connectivity index (χ1v) is 9.81. The van der Waals surface area contributed by atoms with Gasteiger partial charge in [0.2, 0.25) is 5.88 Å². The second-order valence-corrected chi connectivity index (χ2v) is 7.36. The summed E-state index contributed by atoms with van der Waals surface area (Å²) in [5.41, 5.74) is -0.0248. The molecule has 1 amide bonds. The van der Waals surface area contributed by atoms with E-state index in [2.05, 4.69) is 15.3 Å². The molecule has 0 atom stereocenters. The van der Waals surface area contributed by atoms with Crippen molar-refractivity contribution in [3.63, 3.8) is 0 Å². The van der Waals surface area contributed by atoms with Crippen LogP contribution in [0.15, 0.2) is 60.2 Å². The predicted molar refractivity (Wildman–Crippen MR) is 109 cm³/mol. The average Bonchev–Trinajstić information content (AvgIpc) is 3.17. The molecule has 0 aliphatic carbocycles. The molecule has 4 rings (SSSR count). The Kier molecular flexibility index (Phi) is 5.57. The molecule has 0 unspecified atom stereocenters. The number of alkyl halides is 3. The number of carbonyl (C=O) groups excluding carboxylic acids is 1. The predicted octanol–water partition coefficient (Wildman–Crippen LogP) is 5.25. The molecule has 0 bridgehead atoms. The number of hydrogen-bond donors (Lipinski definition) is 2. The fourth-order valence-corrected chi connectivity index (χ4v) is 3.83. The Hall–Kier alpha value is -3.50. The number of halogens is 3. The molecule has 2 heterocycles. The summed E-state index contributed by atoms with van der Waals surface area (Å²) in [6.45, 7) is -0.243. The minimum absolute atomic E-state index is 0.0579. The van der Waals surface area contributed by atoms with Crippen LogP contribution in [0.25, 0.3) is 10.1 Å². The molecule has 0 saturated carbocycles. The van der Waals surface area contributed by atoms with Crippen molar-refractivity contribution in [1.29, 1.82) is 0 Å². The molecular weight excluding hydrogens is 431 g/mol. The smallest absolute Gasteiger partial charge is 0.416 e. The van der Waals surface area contributed by atoms with Crippen LogP contribution in [0.5, 0.6) is 11.6 Å². The van der Waals surface area contributed by atoms with Crippen LogP contribution in [0.4, 0.5) is 18.9 Å². The van der Waals surface area contributed by atoms with E-state index in [0.29, 0.717) is 22.4 Å². The third-order valence-electron chi connectivity index (χ3n) is 4.32. The van der Waals surface area contributed by atoms with Gasteiger partial charge in [-0.05, 0) is 36.4 Å².